The molecule has 1 atom stereocenters. The highest BCUT2D eigenvalue weighted by atomic mass is 35.5. The van der Waals surface area contributed by atoms with Crippen molar-refractivity contribution in [1.82, 2.24) is 16.2 Å². The van der Waals surface area contributed by atoms with Crippen LogP contribution in [0.4, 0.5) is 0 Å². The Morgan fingerprint density at radius 2 is 2.06 bits per heavy atom. The third-order valence-electron chi connectivity index (χ3n) is 2.30. The zero-order valence-electron chi connectivity index (χ0n) is 10.3. The lowest BCUT2D eigenvalue weighted by atomic mass is 10.1. The summed E-state index contributed by atoms with van der Waals surface area (Å²) in [5.74, 6) is -0.620. The van der Waals surface area contributed by atoms with Crippen molar-refractivity contribution < 1.29 is 9.59 Å². The second-order valence-corrected chi connectivity index (χ2v) is 4.32. The molecule has 0 aliphatic heterocycles. The summed E-state index contributed by atoms with van der Waals surface area (Å²) in [5, 5.41) is 3.68. The van der Waals surface area contributed by atoms with E-state index >= 15 is 0 Å². The Morgan fingerprint density at radius 1 is 1.33 bits per heavy atom. The lowest BCUT2D eigenvalue weighted by Gasteiger charge is -2.14. The van der Waals surface area contributed by atoms with E-state index in [9.17, 15) is 9.59 Å². The molecule has 18 heavy (non-hydrogen) atoms. The quantitative estimate of drug-likeness (QED) is 0.719. The normalized spacial score (nSPS) is 11.7. The number of rotatable bonds is 4. The lowest BCUT2D eigenvalue weighted by Crippen LogP contribution is -2.44. The maximum atomic E-state index is 11.3. The molecular weight excluding hydrogens is 254 g/mol. The summed E-state index contributed by atoms with van der Waals surface area (Å²) in [7, 11) is 0. The predicted molar refractivity (Wildman–Crippen MR) is 69.8 cm³/mol. The smallest absolute Gasteiger partial charge is 0.252 e. The zero-order valence-corrected chi connectivity index (χ0v) is 11.0. The SMILES string of the molecule is CC(=O)NNC(=O)CN[C@H](C)c1cccc(Cl)c1. The number of hydrogen-bond donors (Lipinski definition) is 3. The van der Waals surface area contributed by atoms with Gasteiger partial charge in [-0.3, -0.25) is 20.4 Å². The van der Waals surface area contributed by atoms with Crippen LogP contribution in [0.15, 0.2) is 24.3 Å². The molecule has 0 aliphatic carbocycles. The van der Waals surface area contributed by atoms with Gasteiger partial charge in [0.25, 0.3) is 5.91 Å². The van der Waals surface area contributed by atoms with Crippen LogP contribution in [-0.4, -0.2) is 18.4 Å². The number of carbonyl (C=O) groups excluding carboxylic acids is 2. The van der Waals surface area contributed by atoms with Crippen LogP contribution in [0.3, 0.4) is 0 Å². The van der Waals surface area contributed by atoms with Gasteiger partial charge in [0, 0.05) is 18.0 Å². The molecule has 98 valence electrons. The first-order valence-corrected chi connectivity index (χ1v) is 5.91. The number of amides is 2. The molecular formula is C12H16ClN3O2. The van der Waals surface area contributed by atoms with E-state index in [-0.39, 0.29) is 24.4 Å². The van der Waals surface area contributed by atoms with Gasteiger partial charge >= 0.3 is 0 Å². The van der Waals surface area contributed by atoms with Crippen LogP contribution < -0.4 is 16.2 Å². The summed E-state index contributed by atoms with van der Waals surface area (Å²) in [5.41, 5.74) is 5.49. The summed E-state index contributed by atoms with van der Waals surface area (Å²) in [6.07, 6.45) is 0. The minimum Gasteiger partial charge on any atom is -0.302 e. The van der Waals surface area contributed by atoms with Crippen LogP contribution in [0, 0.1) is 0 Å². The van der Waals surface area contributed by atoms with E-state index in [1.54, 1.807) is 6.07 Å². The average Bonchev–Trinajstić information content (AvgIpc) is 2.33. The molecule has 3 N–H and O–H groups in total. The summed E-state index contributed by atoms with van der Waals surface area (Å²) in [4.78, 5) is 21.9. The molecule has 0 aliphatic rings. The Kier molecular flexibility index (Phi) is 5.61. The van der Waals surface area contributed by atoms with Gasteiger partial charge in [-0.25, -0.2) is 0 Å². The summed E-state index contributed by atoms with van der Waals surface area (Å²) in [6.45, 7) is 3.35. The van der Waals surface area contributed by atoms with Crippen molar-refractivity contribution in [2.24, 2.45) is 0 Å². The Labute approximate surface area is 111 Å². The molecule has 0 heterocycles. The van der Waals surface area contributed by atoms with Crippen LogP contribution in [0.5, 0.6) is 0 Å². The maximum Gasteiger partial charge on any atom is 0.252 e. The van der Waals surface area contributed by atoms with Crippen LogP contribution in [0.1, 0.15) is 25.5 Å². The molecule has 1 aromatic rings. The van der Waals surface area contributed by atoms with Crippen molar-refractivity contribution in [3.05, 3.63) is 34.9 Å². The van der Waals surface area contributed by atoms with E-state index < -0.39 is 0 Å². The molecule has 0 radical (unpaired) electrons. The number of hydrogen-bond acceptors (Lipinski definition) is 3. The molecule has 6 heteroatoms. The van der Waals surface area contributed by atoms with Crippen LogP contribution in [0.25, 0.3) is 0 Å². The van der Waals surface area contributed by atoms with Crippen molar-refractivity contribution in [3.8, 4) is 0 Å². The molecule has 2 amide bonds. The highest BCUT2D eigenvalue weighted by Crippen LogP contribution is 2.16. The molecule has 5 nitrogen and oxygen atoms in total. The van der Waals surface area contributed by atoms with Gasteiger partial charge in [-0.1, -0.05) is 23.7 Å². The van der Waals surface area contributed by atoms with Crippen molar-refractivity contribution in [1.29, 1.82) is 0 Å². The molecule has 0 unspecified atom stereocenters. The molecule has 0 spiro atoms. The lowest BCUT2D eigenvalue weighted by molar-refractivity contribution is -0.127. The van der Waals surface area contributed by atoms with Crippen molar-refractivity contribution >= 4 is 23.4 Å². The van der Waals surface area contributed by atoms with Crippen LogP contribution in [-0.2, 0) is 9.59 Å². The van der Waals surface area contributed by atoms with Gasteiger partial charge in [0.1, 0.15) is 0 Å². The fourth-order valence-corrected chi connectivity index (χ4v) is 1.54. The Morgan fingerprint density at radius 3 is 2.67 bits per heavy atom. The number of nitrogens with one attached hydrogen (secondary N) is 3. The Bertz CT molecular complexity index is 437. The van der Waals surface area contributed by atoms with Crippen LogP contribution >= 0.6 is 11.6 Å². The topological polar surface area (TPSA) is 70.2 Å². The monoisotopic (exact) mass is 269 g/mol. The van der Waals surface area contributed by atoms with Crippen molar-refractivity contribution in [2.75, 3.05) is 6.54 Å². The standard InChI is InChI=1S/C12H16ClN3O2/c1-8(10-4-3-5-11(13)6-10)14-7-12(18)16-15-9(2)17/h3-6,8,14H,7H2,1-2H3,(H,15,17)(H,16,18)/t8-/m1/s1. The van der Waals surface area contributed by atoms with E-state index in [0.717, 1.165) is 5.56 Å². The van der Waals surface area contributed by atoms with E-state index in [1.807, 2.05) is 25.1 Å². The largest absolute Gasteiger partial charge is 0.302 e. The number of hydrazine groups is 1. The molecule has 0 bridgehead atoms. The van der Waals surface area contributed by atoms with E-state index in [1.165, 1.54) is 6.92 Å². The molecule has 1 aromatic carbocycles. The highest BCUT2D eigenvalue weighted by Gasteiger charge is 2.07. The third kappa shape index (κ3) is 5.16. The predicted octanol–water partition coefficient (Wildman–Crippen LogP) is 1.16. The van der Waals surface area contributed by atoms with Crippen molar-refractivity contribution in [3.63, 3.8) is 0 Å². The second kappa shape index (κ2) is 6.98. The number of carbonyl (C=O) groups is 2. The molecule has 0 fully saturated rings. The molecule has 0 saturated heterocycles. The van der Waals surface area contributed by atoms with Gasteiger partial charge in [0.15, 0.2) is 0 Å². The van der Waals surface area contributed by atoms with E-state index in [4.69, 9.17) is 11.6 Å². The van der Waals surface area contributed by atoms with Gasteiger partial charge in [-0.05, 0) is 24.6 Å². The van der Waals surface area contributed by atoms with Gasteiger partial charge in [0.05, 0.1) is 6.54 Å². The summed E-state index contributed by atoms with van der Waals surface area (Å²) < 4.78 is 0. The third-order valence-corrected chi connectivity index (χ3v) is 2.53. The average molecular weight is 270 g/mol. The molecule has 0 aromatic heterocycles. The van der Waals surface area contributed by atoms with Gasteiger partial charge in [-0.15, -0.1) is 0 Å². The zero-order chi connectivity index (χ0) is 13.5. The fraction of sp³-hybridized carbons (Fsp3) is 0.333. The molecule has 0 saturated carbocycles. The van der Waals surface area contributed by atoms with Crippen LogP contribution in [0.2, 0.25) is 5.02 Å². The maximum absolute atomic E-state index is 11.3. The number of halogens is 1. The van der Waals surface area contributed by atoms with Crippen molar-refractivity contribution in [2.45, 2.75) is 19.9 Å². The highest BCUT2D eigenvalue weighted by molar-refractivity contribution is 6.30. The Hall–Kier alpha value is -1.59. The first-order valence-electron chi connectivity index (χ1n) is 5.53. The van der Waals surface area contributed by atoms with Gasteiger partial charge in [-0.2, -0.15) is 0 Å². The summed E-state index contributed by atoms with van der Waals surface area (Å²) in [6, 6.07) is 7.40. The van der Waals surface area contributed by atoms with Gasteiger partial charge < -0.3 is 5.32 Å². The molecule has 1 rings (SSSR count). The van der Waals surface area contributed by atoms with Gasteiger partial charge in [0.2, 0.25) is 5.91 Å². The fourth-order valence-electron chi connectivity index (χ4n) is 1.34. The first kappa shape index (κ1) is 14.5. The second-order valence-electron chi connectivity index (χ2n) is 3.89. The minimum atomic E-state index is -0.314. The Balaban J connectivity index is 2.39. The number of benzene rings is 1. The van der Waals surface area contributed by atoms with E-state index in [2.05, 4.69) is 16.2 Å². The van der Waals surface area contributed by atoms with E-state index in [0.29, 0.717) is 5.02 Å². The first-order chi connectivity index (χ1) is 8.49. The summed E-state index contributed by atoms with van der Waals surface area (Å²) >= 11 is 5.88. The minimum absolute atomic E-state index is 0.00761.